The van der Waals surface area contributed by atoms with Gasteiger partial charge in [0.25, 0.3) is 0 Å². The fraction of sp³-hybridized carbons (Fsp3) is 0.125. The average Bonchev–Trinajstić information content (AvgIpc) is 3.19. The van der Waals surface area contributed by atoms with Crippen LogP contribution in [0.25, 0.3) is 0 Å². The second-order valence-corrected chi connectivity index (χ2v) is 6.23. The molecule has 0 saturated carbocycles. The normalized spacial score (nSPS) is 10.7. The number of hydrogen-bond acceptors (Lipinski definition) is 4. The molecular weight excluding hydrogens is 381 g/mol. The number of nitrogens with one attached hydrogen (secondary N) is 1. The molecule has 0 aliphatic heterocycles. The molecule has 0 bridgehead atoms. The van der Waals surface area contributed by atoms with E-state index in [1.54, 1.807) is 29.1 Å². The van der Waals surface area contributed by atoms with Gasteiger partial charge in [0, 0.05) is 22.4 Å². The monoisotopic (exact) mass is 393 g/mol. The SMILES string of the molecule is O=C(Cn1nccc1C(=O)O)Nc1cnn(Cc2ccc(Cl)cc2Cl)c1. The Bertz CT molecular complexity index is 966. The highest BCUT2D eigenvalue weighted by Gasteiger charge is 2.14. The Morgan fingerprint density at radius 3 is 2.73 bits per heavy atom. The lowest BCUT2D eigenvalue weighted by molar-refractivity contribution is -0.116. The minimum Gasteiger partial charge on any atom is -0.477 e. The fourth-order valence-corrected chi connectivity index (χ4v) is 2.78. The van der Waals surface area contributed by atoms with E-state index in [2.05, 4.69) is 15.5 Å². The van der Waals surface area contributed by atoms with Gasteiger partial charge in [0.15, 0.2) is 0 Å². The van der Waals surface area contributed by atoms with Crippen molar-refractivity contribution >= 4 is 40.8 Å². The molecule has 0 aliphatic carbocycles. The Morgan fingerprint density at radius 1 is 1.19 bits per heavy atom. The fourth-order valence-electron chi connectivity index (χ4n) is 2.32. The lowest BCUT2D eigenvalue weighted by atomic mass is 10.2. The van der Waals surface area contributed by atoms with Crippen molar-refractivity contribution in [3.05, 3.63) is 64.2 Å². The maximum atomic E-state index is 12.1. The van der Waals surface area contributed by atoms with Gasteiger partial charge in [-0.3, -0.25) is 9.48 Å². The molecule has 3 rings (SSSR count). The largest absolute Gasteiger partial charge is 0.477 e. The molecule has 0 atom stereocenters. The van der Waals surface area contributed by atoms with Crippen LogP contribution in [0.1, 0.15) is 16.1 Å². The molecule has 0 aliphatic rings. The van der Waals surface area contributed by atoms with Crippen molar-refractivity contribution in [2.45, 2.75) is 13.1 Å². The molecule has 1 aromatic carbocycles. The molecule has 0 saturated heterocycles. The summed E-state index contributed by atoms with van der Waals surface area (Å²) in [7, 11) is 0. The highest BCUT2D eigenvalue weighted by Crippen LogP contribution is 2.22. The molecule has 0 radical (unpaired) electrons. The maximum Gasteiger partial charge on any atom is 0.354 e. The predicted molar refractivity (Wildman–Crippen MR) is 95.6 cm³/mol. The lowest BCUT2D eigenvalue weighted by Gasteiger charge is -2.06. The molecule has 8 nitrogen and oxygen atoms in total. The van der Waals surface area contributed by atoms with E-state index in [-0.39, 0.29) is 12.2 Å². The Morgan fingerprint density at radius 2 is 2.00 bits per heavy atom. The van der Waals surface area contributed by atoms with Crippen LogP contribution in [-0.2, 0) is 17.9 Å². The average molecular weight is 394 g/mol. The summed E-state index contributed by atoms with van der Waals surface area (Å²) in [5, 5.41) is 20.7. The van der Waals surface area contributed by atoms with E-state index in [4.69, 9.17) is 28.3 Å². The van der Waals surface area contributed by atoms with Crippen LogP contribution in [0, 0.1) is 0 Å². The summed E-state index contributed by atoms with van der Waals surface area (Å²) in [5.74, 6) is -1.57. The second-order valence-electron chi connectivity index (χ2n) is 5.39. The summed E-state index contributed by atoms with van der Waals surface area (Å²) < 4.78 is 2.72. The van der Waals surface area contributed by atoms with Gasteiger partial charge in [0.05, 0.1) is 18.4 Å². The number of carboxylic acid groups (broad SMARTS) is 1. The quantitative estimate of drug-likeness (QED) is 0.670. The number of amides is 1. The van der Waals surface area contributed by atoms with Crippen molar-refractivity contribution in [1.29, 1.82) is 0 Å². The van der Waals surface area contributed by atoms with Crippen molar-refractivity contribution in [2.24, 2.45) is 0 Å². The Balaban J connectivity index is 1.63. The summed E-state index contributed by atoms with van der Waals surface area (Å²) in [6.07, 6.45) is 4.46. The zero-order chi connectivity index (χ0) is 18.7. The number of benzene rings is 1. The second kappa shape index (κ2) is 7.59. The van der Waals surface area contributed by atoms with E-state index in [1.165, 1.54) is 18.5 Å². The third kappa shape index (κ3) is 4.22. The van der Waals surface area contributed by atoms with Crippen molar-refractivity contribution in [3.8, 4) is 0 Å². The van der Waals surface area contributed by atoms with E-state index >= 15 is 0 Å². The number of carbonyl (C=O) groups excluding carboxylic acids is 1. The van der Waals surface area contributed by atoms with Crippen molar-refractivity contribution in [3.63, 3.8) is 0 Å². The number of carbonyl (C=O) groups is 2. The molecule has 2 N–H and O–H groups in total. The molecule has 10 heteroatoms. The number of carboxylic acids is 1. The van der Waals surface area contributed by atoms with Gasteiger partial charge < -0.3 is 10.4 Å². The number of aromatic carboxylic acids is 1. The number of rotatable bonds is 6. The minimum atomic E-state index is -1.15. The highest BCUT2D eigenvalue weighted by atomic mass is 35.5. The van der Waals surface area contributed by atoms with Crippen LogP contribution < -0.4 is 5.32 Å². The topological polar surface area (TPSA) is 102 Å². The van der Waals surface area contributed by atoms with Crippen LogP contribution in [0.5, 0.6) is 0 Å². The number of aromatic nitrogens is 4. The summed E-state index contributed by atoms with van der Waals surface area (Å²) in [6.45, 7) is 0.191. The molecule has 2 heterocycles. The number of hydrogen-bond donors (Lipinski definition) is 2. The van der Waals surface area contributed by atoms with E-state index in [1.807, 2.05) is 0 Å². The molecule has 0 unspecified atom stereocenters. The van der Waals surface area contributed by atoms with Crippen LogP contribution in [-0.4, -0.2) is 36.5 Å². The third-order valence-electron chi connectivity index (χ3n) is 3.49. The van der Waals surface area contributed by atoms with Crippen molar-refractivity contribution in [2.75, 3.05) is 5.32 Å². The van der Waals surface area contributed by atoms with Gasteiger partial charge in [-0.1, -0.05) is 29.3 Å². The molecular formula is C16H13Cl2N5O3. The molecule has 134 valence electrons. The number of nitrogens with zero attached hydrogens (tertiary/aromatic N) is 4. The van der Waals surface area contributed by atoms with Crippen LogP contribution in [0.15, 0.2) is 42.9 Å². The number of halogens is 2. The van der Waals surface area contributed by atoms with E-state index in [0.29, 0.717) is 22.3 Å². The highest BCUT2D eigenvalue weighted by molar-refractivity contribution is 6.35. The minimum absolute atomic E-state index is 0.0618. The van der Waals surface area contributed by atoms with Gasteiger partial charge in [-0.2, -0.15) is 10.2 Å². The standard InChI is InChI=1S/C16H13Cl2N5O3/c17-11-2-1-10(13(18)5-11)7-22-8-12(6-20-22)21-15(24)9-23-14(16(25)26)3-4-19-23/h1-6,8H,7,9H2,(H,21,24)(H,25,26). The Labute approximate surface area is 157 Å². The number of anilines is 1. The lowest BCUT2D eigenvalue weighted by Crippen LogP contribution is -2.22. The first-order chi connectivity index (χ1) is 12.4. The van der Waals surface area contributed by atoms with Gasteiger partial charge in [0.1, 0.15) is 12.2 Å². The van der Waals surface area contributed by atoms with Crippen LogP contribution in [0.2, 0.25) is 10.0 Å². The molecule has 3 aromatic rings. The summed E-state index contributed by atoms with van der Waals surface area (Å²) in [4.78, 5) is 23.1. The van der Waals surface area contributed by atoms with Crippen LogP contribution >= 0.6 is 23.2 Å². The van der Waals surface area contributed by atoms with E-state index in [0.717, 1.165) is 10.2 Å². The van der Waals surface area contributed by atoms with E-state index in [9.17, 15) is 9.59 Å². The zero-order valence-electron chi connectivity index (χ0n) is 13.3. The summed E-state index contributed by atoms with van der Waals surface area (Å²) in [5.41, 5.74) is 1.25. The first kappa shape index (κ1) is 18.0. The third-order valence-corrected chi connectivity index (χ3v) is 4.08. The van der Waals surface area contributed by atoms with Gasteiger partial charge >= 0.3 is 5.97 Å². The van der Waals surface area contributed by atoms with Gasteiger partial charge in [-0.25, -0.2) is 9.48 Å². The summed E-state index contributed by atoms with van der Waals surface area (Å²) >= 11 is 12.0. The van der Waals surface area contributed by atoms with Crippen LogP contribution in [0.3, 0.4) is 0 Å². The molecule has 26 heavy (non-hydrogen) atoms. The zero-order valence-corrected chi connectivity index (χ0v) is 14.8. The Kier molecular flexibility index (Phi) is 5.24. The van der Waals surface area contributed by atoms with Gasteiger partial charge in [-0.15, -0.1) is 0 Å². The predicted octanol–water partition coefficient (Wildman–Crippen LogP) is 2.77. The molecule has 0 spiro atoms. The first-order valence-electron chi connectivity index (χ1n) is 7.43. The van der Waals surface area contributed by atoms with Crippen molar-refractivity contribution in [1.82, 2.24) is 19.6 Å². The van der Waals surface area contributed by atoms with Crippen molar-refractivity contribution < 1.29 is 14.7 Å². The first-order valence-corrected chi connectivity index (χ1v) is 8.19. The molecule has 1 amide bonds. The smallest absolute Gasteiger partial charge is 0.354 e. The molecule has 0 fully saturated rings. The Hall–Kier alpha value is -2.84. The van der Waals surface area contributed by atoms with E-state index < -0.39 is 11.9 Å². The molecule has 2 aromatic heterocycles. The maximum absolute atomic E-state index is 12.1. The van der Waals surface area contributed by atoms with Gasteiger partial charge in [0.2, 0.25) is 5.91 Å². The van der Waals surface area contributed by atoms with Gasteiger partial charge in [-0.05, 0) is 23.8 Å². The van der Waals surface area contributed by atoms with Crippen LogP contribution in [0.4, 0.5) is 5.69 Å². The summed E-state index contributed by atoms with van der Waals surface area (Å²) in [6, 6.07) is 6.51.